The molecule has 1 saturated heterocycles. The zero-order chi connectivity index (χ0) is 17.7. The zero-order valence-electron chi connectivity index (χ0n) is 14.3. The number of carbonyl (C=O) groups is 1. The van der Waals surface area contributed by atoms with Crippen LogP contribution in [0.4, 0.5) is 0 Å². The summed E-state index contributed by atoms with van der Waals surface area (Å²) in [5, 5.41) is -0.514. The van der Waals surface area contributed by atoms with Crippen molar-refractivity contribution in [2.24, 2.45) is 0 Å². The Hall–Kier alpha value is -0.950. The summed E-state index contributed by atoms with van der Waals surface area (Å²) in [4.78, 5) is 11.7. The van der Waals surface area contributed by atoms with Gasteiger partial charge in [0, 0.05) is 12.6 Å². The molecule has 2 unspecified atom stereocenters. The summed E-state index contributed by atoms with van der Waals surface area (Å²) in [6.07, 6.45) is 2.97. The van der Waals surface area contributed by atoms with Crippen LogP contribution in [0.3, 0.4) is 0 Å². The van der Waals surface area contributed by atoms with E-state index in [2.05, 4.69) is 0 Å². The smallest absolute Gasteiger partial charge is 0.247 e. The fourth-order valence-electron chi connectivity index (χ4n) is 3.06. The summed E-state index contributed by atoms with van der Waals surface area (Å²) in [6, 6.07) is 3.83. The lowest BCUT2D eigenvalue weighted by Crippen LogP contribution is -2.43. The molecule has 5 nitrogen and oxygen atoms in total. The van der Waals surface area contributed by atoms with Crippen LogP contribution in [-0.2, 0) is 20.5 Å². The van der Waals surface area contributed by atoms with E-state index in [-0.39, 0.29) is 12.6 Å². The first-order valence-corrected chi connectivity index (χ1v) is 9.52. The second-order valence-electron chi connectivity index (χ2n) is 6.00. The second kappa shape index (κ2) is 8.94. The highest BCUT2D eigenvalue weighted by atomic mass is 35.5. The Morgan fingerprint density at radius 2 is 2.00 bits per heavy atom. The van der Waals surface area contributed by atoms with Gasteiger partial charge in [-0.2, -0.15) is 0 Å². The third-order valence-corrected chi connectivity index (χ3v) is 6.17. The van der Waals surface area contributed by atoms with Crippen LogP contribution < -0.4 is 4.74 Å². The second-order valence-corrected chi connectivity index (χ2v) is 7.80. The minimum absolute atomic E-state index is 0.0245. The van der Waals surface area contributed by atoms with Crippen LogP contribution in [-0.4, -0.2) is 46.7 Å². The van der Waals surface area contributed by atoms with Gasteiger partial charge in [-0.15, -0.1) is 0 Å². The van der Waals surface area contributed by atoms with E-state index in [1.165, 1.54) is 0 Å². The molecule has 0 saturated carbocycles. The van der Waals surface area contributed by atoms with E-state index in [4.69, 9.17) is 21.1 Å². The van der Waals surface area contributed by atoms with Gasteiger partial charge in [0.1, 0.15) is 23.3 Å². The maximum absolute atomic E-state index is 13.2. The van der Waals surface area contributed by atoms with Crippen LogP contribution in [0.15, 0.2) is 17.0 Å². The number of halogens is 1. The molecule has 0 aromatic heterocycles. The molecule has 1 aromatic carbocycles. The number of carbonyl (C=O) groups excluding carboxylic acids is 1. The number of ether oxygens (including phenoxy) is 2. The summed E-state index contributed by atoms with van der Waals surface area (Å²) in [6.45, 7) is 4.90. The quantitative estimate of drug-likeness (QED) is 0.689. The third kappa shape index (κ3) is 4.79. The first-order chi connectivity index (χ1) is 11.4. The molecule has 0 N–H and O–H groups in total. The van der Waals surface area contributed by atoms with E-state index >= 15 is 0 Å². The van der Waals surface area contributed by atoms with Gasteiger partial charge in [0.2, 0.25) is 5.24 Å². The van der Waals surface area contributed by atoms with Crippen LogP contribution in [0.2, 0.25) is 0 Å². The SMILES string of the molecule is COc1cc(C)c(S(=O)N2CCCCC2COCC(=O)Cl)c(C)c1. The number of hydrogen-bond acceptors (Lipinski definition) is 4. The van der Waals surface area contributed by atoms with Gasteiger partial charge in [-0.1, -0.05) is 6.42 Å². The maximum atomic E-state index is 13.2. The lowest BCUT2D eigenvalue weighted by Gasteiger charge is -2.34. The largest absolute Gasteiger partial charge is 0.497 e. The predicted molar refractivity (Wildman–Crippen MR) is 94.9 cm³/mol. The minimum Gasteiger partial charge on any atom is -0.497 e. The van der Waals surface area contributed by atoms with Crippen LogP contribution >= 0.6 is 11.6 Å². The van der Waals surface area contributed by atoms with Crippen molar-refractivity contribution in [1.29, 1.82) is 0 Å². The van der Waals surface area contributed by atoms with Gasteiger partial charge in [-0.25, -0.2) is 8.51 Å². The van der Waals surface area contributed by atoms with Crippen molar-refractivity contribution in [2.75, 3.05) is 26.9 Å². The number of piperidine rings is 1. The van der Waals surface area contributed by atoms with Gasteiger partial charge < -0.3 is 9.47 Å². The van der Waals surface area contributed by atoms with E-state index in [1.807, 2.05) is 30.3 Å². The summed E-state index contributed by atoms with van der Waals surface area (Å²) in [5.74, 6) is 0.768. The first-order valence-electron chi connectivity index (χ1n) is 8.04. The van der Waals surface area contributed by atoms with Gasteiger partial charge in [-0.3, -0.25) is 4.79 Å². The average Bonchev–Trinajstić information content (AvgIpc) is 2.54. The van der Waals surface area contributed by atoms with Crippen molar-refractivity contribution in [3.63, 3.8) is 0 Å². The number of hydrogen-bond donors (Lipinski definition) is 0. The fraction of sp³-hybridized carbons (Fsp3) is 0.588. The molecule has 2 rings (SSSR count). The minimum atomic E-state index is -1.27. The molecule has 7 heteroatoms. The van der Waals surface area contributed by atoms with Gasteiger partial charge in [-0.05, 0) is 61.5 Å². The topological polar surface area (TPSA) is 55.8 Å². The molecule has 1 aromatic rings. The van der Waals surface area contributed by atoms with E-state index in [1.54, 1.807) is 7.11 Å². The number of rotatable bonds is 7. The van der Waals surface area contributed by atoms with Crippen molar-refractivity contribution in [1.82, 2.24) is 4.31 Å². The van der Waals surface area contributed by atoms with Crippen molar-refractivity contribution >= 4 is 27.8 Å². The molecule has 0 amide bonds. The van der Waals surface area contributed by atoms with Gasteiger partial charge in [0.25, 0.3) is 0 Å². The molecular formula is C17H24ClNO4S. The molecule has 1 fully saturated rings. The summed E-state index contributed by atoms with van der Waals surface area (Å²) < 4.78 is 25.8. The van der Waals surface area contributed by atoms with Crippen LogP contribution in [0.5, 0.6) is 5.75 Å². The standard InChI is InChI=1S/C17H24ClNO4S/c1-12-8-15(22-3)9-13(2)17(12)24(21)19-7-5-4-6-14(19)10-23-11-16(18)20/h8-9,14H,4-7,10-11H2,1-3H3. The van der Waals surface area contributed by atoms with Gasteiger partial charge in [0.05, 0.1) is 18.6 Å². The summed E-state index contributed by atoms with van der Waals surface area (Å²) in [7, 11) is 0.358. The molecule has 1 aliphatic rings. The lowest BCUT2D eigenvalue weighted by molar-refractivity contribution is -0.116. The molecule has 0 radical (unpaired) electrons. The molecule has 0 spiro atoms. The highest BCUT2D eigenvalue weighted by molar-refractivity contribution is 7.82. The van der Waals surface area contributed by atoms with E-state index in [0.717, 1.165) is 47.6 Å². The van der Waals surface area contributed by atoms with Crippen LogP contribution in [0.25, 0.3) is 0 Å². The Balaban J connectivity index is 2.18. The Morgan fingerprint density at radius 1 is 1.33 bits per heavy atom. The highest BCUT2D eigenvalue weighted by Crippen LogP contribution is 2.29. The van der Waals surface area contributed by atoms with Crippen LogP contribution in [0, 0.1) is 13.8 Å². The molecule has 2 atom stereocenters. The molecule has 24 heavy (non-hydrogen) atoms. The molecule has 0 bridgehead atoms. The molecule has 1 aliphatic heterocycles. The number of nitrogens with zero attached hydrogens (tertiary/aromatic N) is 1. The molecule has 134 valence electrons. The maximum Gasteiger partial charge on any atom is 0.247 e. The monoisotopic (exact) mass is 373 g/mol. The van der Waals surface area contributed by atoms with Crippen molar-refractivity contribution in [3.8, 4) is 5.75 Å². The highest BCUT2D eigenvalue weighted by Gasteiger charge is 2.29. The van der Waals surface area contributed by atoms with Gasteiger partial charge in [0.15, 0.2) is 0 Å². The number of aryl methyl sites for hydroxylation is 2. The Labute approximate surface area is 150 Å². The third-order valence-electron chi connectivity index (χ3n) is 4.16. The molecule has 1 heterocycles. The first kappa shape index (κ1) is 19.4. The Morgan fingerprint density at radius 3 is 2.58 bits per heavy atom. The van der Waals surface area contributed by atoms with Crippen molar-refractivity contribution in [3.05, 3.63) is 23.3 Å². The predicted octanol–water partition coefficient (Wildman–Crippen LogP) is 2.97. The zero-order valence-corrected chi connectivity index (χ0v) is 15.9. The van der Waals surface area contributed by atoms with Crippen LogP contribution in [0.1, 0.15) is 30.4 Å². The van der Waals surface area contributed by atoms with Crippen molar-refractivity contribution < 1.29 is 18.5 Å². The number of benzene rings is 1. The van der Waals surface area contributed by atoms with Gasteiger partial charge >= 0.3 is 0 Å². The van der Waals surface area contributed by atoms with Crippen molar-refractivity contribution in [2.45, 2.75) is 44.0 Å². The Bertz CT molecular complexity index is 600. The fourth-order valence-corrected chi connectivity index (χ4v) is 4.77. The lowest BCUT2D eigenvalue weighted by atomic mass is 10.1. The number of methoxy groups -OCH3 is 1. The normalized spacial score (nSPS) is 19.9. The summed E-state index contributed by atoms with van der Waals surface area (Å²) >= 11 is 5.31. The Kier molecular flexibility index (Phi) is 7.22. The molecular weight excluding hydrogens is 350 g/mol. The van der Waals surface area contributed by atoms with E-state index in [0.29, 0.717) is 6.61 Å². The van der Waals surface area contributed by atoms with E-state index < -0.39 is 16.2 Å². The summed E-state index contributed by atoms with van der Waals surface area (Å²) in [5.41, 5.74) is 1.90. The molecule has 0 aliphatic carbocycles. The van der Waals surface area contributed by atoms with E-state index in [9.17, 15) is 9.00 Å². The average molecular weight is 374 g/mol.